The molecule has 0 aliphatic rings. The molecule has 2 aromatic rings. The van der Waals surface area contributed by atoms with E-state index in [1.54, 1.807) is 4.40 Å². The maximum Gasteiger partial charge on any atom is 0.341 e. The zero-order valence-electron chi connectivity index (χ0n) is 10.6. The lowest BCUT2D eigenvalue weighted by molar-refractivity contribution is 0.0692. The SMILES string of the molecule is CCc1nc2cc(C)cc(C)n2c(=N)c1C(=O)O. The first-order valence-corrected chi connectivity index (χ1v) is 5.76. The molecule has 0 bridgehead atoms. The van der Waals surface area contributed by atoms with Crippen LogP contribution in [0.3, 0.4) is 0 Å². The van der Waals surface area contributed by atoms with Crippen molar-refractivity contribution in [1.29, 1.82) is 5.41 Å². The van der Waals surface area contributed by atoms with Crippen LogP contribution in [0.5, 0.6) is 0 Å². The van der Waals surface area contributed by atoms with E-state index in [4.69, 9.17) is 5.41 Å². The van der Waals surface area contributed by atoms with E-state index in [2.05, 4.69) is 4.98 Å². The lowest BCUT2D eigenvalue weighted by Crippen LogP contribution is -2.27. The Bertz CT molecular complexity index is 701. The Morgan fingerprint density at radius 2 is 2.11 bits per heavy atom. The van der Waals surface area contributed by atoms with Crippen LogP contribution in [0, 0.1) is 19.3 Å². The number of hydrogen-bond acceptors (Lipinski definition) is 3. The highest BCUT2D eigenvalue weighted by Gasteiger charge is 2.16. The van der Waals surface area contributed by atoms with Crippen molar-refractivity contribution in [3.05, 3.63) is 40.1 Å². The summed E-state index contributed by atoms with van der Waals surface area (Å²) in [5, 5.41) is 17.3. The van der Waals surface area contributed by atoms with Crippen LogP contribution in [-0.4, -0.2) is 20.5 Å². The molecule has 0 aliphatic carbocycles. The molecule has 0 radical (unpaired) electrons. The molecule has 0 saturated carbocycles. The van der Waals surface area contributed by atoms with Gasteiger partial charge in [-0.1, -0.05) is 6.92 Å². The largest absolute Gasteiger partial charge is 0.477 e. The van der Waals surface area contributed by atoms with Crippen LogP contribution in [0.1, 0.15) is 34.2 Å². The van der Waals surface area contributed by atoms with Gasteiger partial charge in [0.25, 0.3) is 0 Å². The zero-order valence-corrected chi connectivity index (χ0v) is 10.6. The van der Waals surface area contributed by atoms with Crippen LogP contribution in [0.15, 0.2) is 12.1 Å². The van der Waals surface area contributed by atoms with Gasteiger partial charge in [0.1, 0.15) is 16.7 Å². The smallest absolute Gasteiger partial charge is 0.341 e. The number of rotatable bonds is 2. The Labute approximate surface area is 104 Å². The van der Waals surface area contributed by atoms with Crippen molar-refractivity contribution in [3.63, 3.8) is 0 Å². The lowest BCUT2D eigenvalue weighted by atomic mass is 10.1. The molecule has 0 aliphatic heterocycles. The molecular weight excluding hydrogens is 230 g/mol. The fourth-order valence-corrected chi connectivity index (χ4v) is 2.18. The highest BCUT2D eigenvalue weighted by molar-refractivity contribution is 5.88. The van der Waals surface area contributed by atoms with Gasteiger partial charge in [0.2, 0.25) is 0 Å². The van der Waals surface area contributed by atoms with Crippen LogP contribution in [0.25, 0.3) is 5.65 Å². The first-order valence-electron chi connectivity index (χ1n) is 5.76. The minimum Gasteiger partial charge on any atom is -0.477 e. The van der Waals surface area contributed by atoms with Gasteiger partial charge in [-0.05, 0) is 38.0 Å². The third-order valence-electron chi connectivity index (χ3n) is 2.92. The Kier molecular flexibility index (Phi) is 2.90. The first-order chi connectivity index (χ1) is 8.45. The van der Waals surface area contributed by atoms with Crippen molar-refractivity contribution < 1.29 is 9.90 Å². The van der Waals surface area contributed by atoms with E-state index in [-0.39, 0.29) is 11.1 Å². The quantitative estimate of drug-likeness (QED) is 0.845. The monoisotopic (exact) mass is 245 g/mol. The minimum absolute atomic E-state index is 0.0121. The lowest BCUT2D eigenvalue weighted by Gasteiger charge is -2.11. The molecule has 94 valence electrons. The number of fused-ring (bicyclic) bond motifs is 1. The molecule has 2 rings (SSSR count). The van der Waals surface area contributed by atoms with Gasteiger partial charge in [0.05, 0.1) is 5.69 Å². The molecule has 2 heterocycles. The summed E-state index contributed by atoms with van der Waals surface area (Å²) in [6.07, 6.45) is 0.497. The minimum atomic E-state index is -1.10. The van der Waals surface area contributed by atoms with Crippen molar-refractivity contribution in [2.75, 3.05) is 0 Å². The number of carbonyl (C=O) groups is 1. The number of aromatic nitrogens is 2. The average Bonchev–Trinajstić information content (AvgIpc) is 2.26. The third kappa shape index (κ3) is 1.77. The molecule has 0 unspecified atom stereocenters. The zero-order chi connectivity index (χ0) is 13.4. The molecular formula is C13H15N3O2. The van der Waals surface area contributed by atoms with E-state index in [1.165, 1.54) is 0 Å². The van der Waals surface area contributed by atoms with Gasteiger partial charge < -0.3 is 5.11 Å². The second-order valence-electron chi connectivity index (χ2n) is 4.31. The van der Waals surface area contributed by atoms with E-state index >= 15 is 0 Å². The molecule has 0 spiro atoms. The Morgan fingerprint density at radius 3 is 2.67 bits per heavy atom. The van der Waals surface area contributed by atoms with Gasteiger partial charge >= 0.3 is 5.97 Å². The Hall–Kier alpha value is -2.17. The van der Waals surface area contributed by atoms with Gasteiger partial charge in [-0.15, -0.1) is 0 Å². The van der Waals surface area contributed by atoms with Gasteiger partial charge in [-0.3, -0.25) is 9.81 Å². The molecule has 0 saturated heterocycles. The van der Waals surface area contributed by atoms with Crippen molar-refractivity contribution in [2.45, 2.75) is 27.2 Å². The van der Waals surface area contributed by atoms with E-state index < -0.39 is 5.97 Å². The molecule has 5 heteroatoms. The van der Waals surface area contributed by atoms with Crippen molar-refractivity contribution in [2.24, 2.45) is 0 Å². The van der Waals surface area contributed by atoms with E-state index in [0.29, 0.717) is 17.8 Å². The van der Waals surface area contributed by atoms with Crippen molar-refractivity contribution in [1.82, 2.24) is 9.38 Å². The summed E-state index contributed by atoms with van der Waals surface area (Å²) in [5.74, 6) is -1.10. The summed E-state index contributed by atoms with van der Waals surface area (Å²) in [7, 11) is 0. The molecule has 5 nitrogen and oxygen atoms in total. The molecule has 0 fully saturated rings. The Morgan fingerprint density at radius 1 is 1.44 bits per heavy atom. The number of pyridine rings is 1. The second kappa shape index (κ2) is 4.25. The summed E-state index contributed by atoms with van der Waals surface area (Å²) in [4.78, 5) is 15.6. The maximum absolute atomic E-state index is 11.3. The Balaban J connectivity index is 3.01. The maximum atomic E-state index is 11.3. The molecule has 2 aromatic heterocycles. The fraction of sp³-hybridized carbons (Fsp3) is 0.308. The number of nitrogens with one attached hydrogen (secondary N) is 1. The van der Waals surface area contributed by atoms with Gasteiger partial charge in [0, 0.05) is 5.69 Å². The molecule has 0 aromatic carbocycles. The highest BCUT2D eigenvalue weighted by atomic mass is 16.4. The van der Waals surface area contributed by atoms with Crippen LogP contribution < -0.4 is 5.49 Å². The molecule has 2 N–H and O–H groups in total. The van der Waals surface area contributed by atoms with Crippen LogP contribution in [-0.2, 0) is 6.42 Å². The molecule has 18 heavy (non-hydrogen) atoms. The van der Waals surface area contributed by atoms with Crippen molar-refractivity contribution >= 4 is 11.6 Å². The fourth-order valence-electron chi connectivity index (χ4n) is 2.18. The third-order valence-corrected chi connectivity index (χ3v) is 2.92. The second-order valence-corrected chi connectivity index (χ2v) is 4.31. The van der Waals surface area contributed by atoms with E-state index in [0.717, 1.165) is 11.3 Å². The predicted octanol–water partition coefficient (Wildman–Crippen LogP) is 1.69. The number of aryl methyl sites for hydroxylation is 3. The number of carboxylic acid groups (broad SMARTS) is 1. The summed E-state index contributed by atoms with van der Waals surface area (Å²) in [6, 6.07) is 3.76. The summed E-state index contributed by atoms with van der Waals surface area (Å²) in [6.45, 7) is 5.64. The average molecular weight is 245 g/mol. The van der Waals surface area contributed by atoms with Crippen LogP contribution >= 0.6 is 0 Å². The molecule has 0 atom stereocenters. The highest BCUT2D eigenvalue weighted by Crippen LogP contribution is 2.10. The number of aromatic carboxylic acids is 1. The summed E-state index contributed by atoms with van der Waals surface area (Å²) >= 11 is 0. The normalized spacial score (nSPS) is 10.8. The number of hydrogen-bond donors (Lipinski definition) is 2. The van der Waals surface area contributed by atoms with E-state index in [9.17, 15) is 9.90 Å². The number of carboxylic acids is 1. The van der Waals surface area contributed by atoms with Gasteiger partial charge in [-0.2, -0.15) is 0 Å². The standard InChI is InChI=1S/C13H15N3O2/c1-4-9-11(13(17)18)12(14)16-8(3)5-7(2)6-10(16)15-9/h5-6,14H,4H2,1-3H3,(H,17,18). The topological polar surface area (TPSA) is 78.5 Å². The predicted molar refractivity (Wildman–Crippen MR) is 66.9 cm³/mol. The van der Waals surface area contributed by atoms with Crippen LogP contribution in [0.2, 0.25) is 0 Å². The first kappa shape index (κ1) is 12.3. The van der Waals surface area contributed by atoms with E-state index in [1.807, 2.05) is 32.9 Å². The van der Waals surface area contributed by atoms with Gasteiger partial charge in [-0.25, -0.2) is 9.78 Å². The van der Waals surface area contributed by atoms with Gasteiger partial charge in [0.15, 0.2) is 0 Å². The van der Waals surface area contributed by atoms with Crippen LogP contribution in [0.4, 0.5) is 0 Å². The number of nitrogens with zero attached hydrogens (tertiary/aromatic N) is 2. The molecule has 0 amide bonds. The van der Waals surface area contributed by atoms with Crippen molar-refractivity contribution in [3.8, 4) is 0 Å². The summed E-state index contributed by atoms with van der Waals surface area (Å²) in [5.41, 5.74) is 2.91. The summed E-state index contributed by atoms with van der Waals surface area (Å²) < 4.78 is 1.57.